The Kier molecular flexibility index (Phi) is 5.47. The fraction of sp³-hybridized carbons (Fsp3) is 0.467. The second kappa shape index (κ2) is 7.37. The highest BCUT2D eigenvalue weighted by molar-refractivity contribution is 5.98. The van der Waals surface area contributed by atoms with E-state index in [0.717, 1.165) is 18.2 Å². The first-order chi connectivity index (χ1) is 11.4. The van der Waals surface area contributed by atoms with Gasteiger partial charge < -0.3 is 19.9 Å². The number of carbonyl (C=O) groups is 2. The van der Waals surface area contributed by atoms with Gasteiger partial charge in [-0.25, -0.2) is 4.79 Å². The van der Waals surface area contributed by atoms with Gasteiger partial charge in [-0.2, -0.15) is 0 Å². The summed E-state index contributed by atoms with van der Waals surface area (Å²) in [5.41, 5.74) is -0.862. The predicted octanol–water partition coefficient (Wildman–Crippen LogP) is 1.22. The minimum Gasteiger partial charge on any atom is -0.478 e. The maximum Gasteiger partial charge on any atom is 0.335 e. The first kappa shape index (κ1) is 17.8. The van der Waals surface area contributed by atoms with Crippen LogP contribution in [0, 0.1) is 10.1 Å². The molecule has 0 saturated heterocycles. The van der Waals surface area contributed by atoms with Crippen LogP contribution in [0.4, 0.5) is 5.69 Å². The Labute approximate surface area is 137 Å². The van der Waals surface area contributed by atoms with Gasteiger partial charge in [0, 0.05) is 31.4 Å². The number of non-ortho nitro benzene ring substituents is 1. The number of nitrogens with one attached hydrogen (secondary N) is 1. The number of nitrogens with zero attached hydrogens (tertiary/aromatic N) is 1. The van der Waals surface area contributed by atoms with Crippen molar-refractivity contribution in [2.45, 2.75) is 31.6 Å². The number of aromatic carboxylic acids is 1. The maximum absolute atomic E-state index is 12.3. The second-order valence-electron chi connectivity index (χ2n) is 5.34. The minimum atomic E-state index is -1.34. The predicted molar refractivity (Wildman–Crippen MR) is 82.1 cm³/mol. The molecule has 0 aromatic heterocycles. The summed E-state index contributed by atoms with van der Waals surface area (Å²) < 4.78 is 10.7. The summed E-state index contributed by atoms with van der Waals surface area (Å²) in [6.45, 7) is 2.38. The van der Waals surface area contributed by atoms with Crippen LogP contribution in [-0.2, 0) is 9.47 Å². The van der Waals surface area contributed by atoms with Gasteiger partial charge in [-0.05, 0) is 19.4 Å². The normalized spacial score (nSPS) is 22.5. The van der Waals surface area contributed by atoms with Crippen molar-refractivity contribution in [1.29, 1.82) is 0 Å². The Morgan fingerprint density at radius 1 is 1.38 bits per heavy atom. The molecule has 1 fully saturated rings. The minimum absolute atomic E-state index is 0.0867. The van der Waals surface area contributed by atoms with Crippen molar-refractivity contribution in [3.63, 3.8) is 0 Å². The number of hydrogen-bond donors (Lipinski definition) is 2. The molecule has 0 bridgehead atoms. The second-order valence-corrected chi connectivity index (χ2v) is 5.34. The summed E-state index contributed by atoms with van der Waals surface area (Å²) in [5, 5.41) is 22.6. The van der Waals surface area contributed by atoms with Gasteiger partial charge in [0.2, 0.25) is 0 Å². The highest BCUT2D eigenvalue weighted by atomic mass is 16.6. The van der Waals surface area contributed by atoms with E-state index >= 15 is 0 Å². The van der Waals surface area contributed by atoms with Gasteiger partial charge in [0.15, 0.2) is 0 Å². The molecular weight excluding hydrogens is 320 g/mol. The summed E-state index contributed by atoms with van der Waals surface area (Å²) in [4.78, 5) is 33.5. The first-order valence-corrected chi connectivity index (χ1v) is 7.35. The number of methoxy groups -OCH3 is 1. The van der Waals surface area contributed by atoms with E-state index in [-0.39, 0.29) is 29.4 Å². The number of benzene rings is 1. The lowest BCUT2D eigenvalue weighted by Gasteiger charge is -2.43. The number of amides is 1. The fourth-order valence-corrected chi connectivity index (χ4v) is 2.64. The standard InChI is InChI=1S/C15H18N2O7/c1-3-24-12-7-11(13(12)23-2)16-14(18)8-4-9(15(19)20)6-10(5-8)17(21)22/h4-6,11-13H,3,7H2,1-2H3,(H,16,18)(H,19,20). The van der Waals surface area contributed by atoms with Crippen molar-refractivity contribution in [1.82, 2.24) is 5.32 Å². The molecule has 9 nitrogen and oxygen atoms in total. The van der Waals surface area contributed by atoms with Gasteiger partial charge >= 0.3 is 5.97 Å². The van der Waals surface area contributed by atoms with Crippen molar-refractivity contribution in [2.75, 3.05) is 13.7 Å². The summed E-state index contributed by atoms with van der Waals surface area (Å²) >= 11 is 0. The summed E-state index contributed by atoms with van der Waals surface area (Å²) in [7, 11) is 1.50. The summed E-state index contributed by atoms with van der Waals surface area (Å²) in [6.07, 6.45) is 0.121. The lowest BCUT2D eigenvalue weighted by molar-refractivity contribution is -0.384. The number of hydrogen-bond acceptors (Lipinski definition) is 6. The Bertz CT molecular complexity index is 629. The zero-order valence-electron chi connectivity index (χ0n) is 13.2. The molecule has 1 aliphatic rings. The van der Waals surface area contributed by atoms with Crippen LogP contribution in [0.25, 0.3) is 0 Å². The van der Waals surface area contributed by atoms with E-state index in [9.17, 15) is 19.7 Å². The Hall–Kier alpha value is -2.52. The quantitative estimate of drug-likeness (QED) is 0.565. The van der Waals surface area contributed by atoms with Crippen molar-refractivity contribution < 1.29 is 29.1 Å². The molecule has 1 aromatic rings. The number of ether oxygens (including phenoxy) is 2. The average Bonchev–Trinajstić information content (AvgIpc) is 2.53. The summed E-state index contributed by atoms with van der Waals surface area (Å²) in [5.74, 6) is -1.94. The van der Waals surface area contributed by atoms with Gasteiger partial charge in [0.05, 0.1) is 22.6 Å². The SMILES string of the molecule is CCOC1CC(NC(=O)c2cc(C(=O)O)cc([N+](=O)[O-])c2)C1OC. The van der Waals surface area contributed by atoms with Crippen LogP contribution in [0.5, 0.6) is 0 Å². The highest BCUT2D eigenvalue weighted by Gasteiger charge is 2.43. The van der Waals surface area contributed by atoms with Gasteiger partial charge in [-0.15, -0.1) is 0 Å². The molecule has 3 unspecified atom stereocenters. The van der Waals surface area contributed by atoms with Crippen molar-refractivity contribution >= 4 is 17.6 Å². The van der Waals surface area contributed by atoms with Crippen LogP contribution in [0.15, 0.2) is 18.2 Å². The van der Waals surface area contributed by atoms with Crippen molar-refractivity contribution in [3.05, 3.63) is 39.4 Å². The molecule has 1 aromatic carbocycles. The topological polar surface area (TPSA) is 128 Å². The van der Waals surface area contributed by atoms with Crippen LogP contribution < -0.4 is 5.32 Å². The third-order valence-corrected chi connectivity index (χ3v) is 3.86. The monoisotopic (exact) mass is 338 g/mol. The van der Waals surface area contributed by atoms with E-state index in [2.05, 4.69) is 5.32 Å². The van der Waals surface area contributed by atoms with E-state index in [0.29, 0.717) is 13.0 Å². The fourth-order valence-electron chi connectivity index (χ4n) is 2.64. The molecule has 3 atom stereocenters. The Balaban J connectivity index is 2.15. The highest BCUT2D eigenvalue weighted by Crippen LogP contribution is 2.27. The summed E-state index contributed by atoms with van der Waals surface area (Å²) in [6, 6.07) is 2.76. The first-order valence-electron chi connectivity index (χ1n) is 7.35. The molecule has 1 aliphatic carbocycles. The van der Waals surface area contributed by atoms with E-state index in [1.807, 2.05) is 6.92 Å². The van der Waals surface area contributed by atoms with E-state index < -0.39 is 22.5 Å². The molecule has 1 saturated carbocycles. The lowest BCUT2D eigenvalue weighted by Crippen LogP contribution is -2.61. The Morgan fingerprint density at radius 3 is 2.58 bits per heavy atom. The third-order valence-electron chi connectivity index (χ3n) is 3.86. The molecule has 9 heteroatoms. The molecule has 1 amide bonds. The zero-order chi connectivity index (χ0) is 17.9. The lowest BCUT2D eigenvalue weighted by atomic mass is 9.85. The number of nitro benzene ring substituents is 1. The number of carboxylic acid groups (broad SMARTS) is 1. The number of nitro groups is 1. The van der Waals surface area contributed by atoms with Gasteiger partial charge in [0.25, 0.3) is 11.6 Å². The molecular formula is C15H18N2O7. The molecule has 2 N–H and O–H groups in total. The largest absolute Gasteiger partial charge is 0.478 e. The van der Waals surface area contributed by atoms with Crippen molar-refractivity contribution in [3.8, 4) is 0 Å². The third kappa shape index (κ3) is 3.69. The molecule has 24 heavy (non-hydrogen) atoms. The van der Waals surface area contributed by atoms with Gasteiger partial charge in [-0.1, -0.05) is 0 Å². The molecule has 0 radical (unpaired) electrons. The molecule has 0 aliphatic heterocycles. The van der Waals surface area contributed by atoms with Crippen LogP contribution in [0.2, 0.25) is 0 Å². The van der Waals surface area contributed by atoms with E-state index in [4.69, 9.17) is 14.6 Å². The van der Waals surface area contributed by atoms with Crippen molar-refractivity contribution in [2.24, 2.45) is 0 Å². The van der Waals surface area contributed by atoms with E-state index in [1.165, 1.54) is 7.11 Å². The number of rotatable bonds is 7. The number of carbonyl (C=O) groups excluding carboxylic acids is 1. The molecule has 2 rings (SSSR count). The van der Waals surface area contributed by atoms with E-state index in [1.54, 1.807) is 0 Å². The van der Waals surface area contributed by atoms with Crippen LogP contribution >= 0.6 is 0 Å². The van der Waals surface area contributed by atoms with Gasteiger partial charge in [-0.3, -0.25) is 14.9 Å². The van der Waals surface area contributed by atoms with Crippen LogP contribution in [0.1, 0.15) is 34.1 Å². The van der Waals surface area contributed by atoms with Gasteiger partial charge in [0.1, 0.15) is 6.10 Å². The average molecular weight is 338 g/mol. The molecule has 130 valence electrons. The molecule has 0 spiro atoms. The Morgan fingerprint density at radius 2 is 2.04 bits per heavy atom. The van der Waals surface area contributed by atoms with Crippen LogP contribution in [0.3, 0.4) is 0 Å². The zero-order valence-corrected chi connectivity index (χ0v) is 13.2. The molecule has 0 heterocycles. The van der Waals surface area contributed by atoms with Crippen LogP contribution in [-0.4, -0.2) is 53.9 Å². The maximum atomic E-state index is 12.3. The smallest absolute Gasteiger partial charge is 0.335 e. The number of carboxylic acids is 1.